The summed E-state index contributed by atoms with van der Waals surface area (Å²) in [6.45, 7) is 9.00. The molecule has 0 amide bonds. The second-order valence-corrected chi connectivity index (χ2v) is 9.35. The first kappa shape index (κ1) is 17.5. The van der Waals surface area contributed by atoms with Gasteiger partial charge in [-0.15, -0.1) is 22.7 Å². The molecule has 3 rings (SSSR count). The van der Waals surface area contributed by atoms with E-state index in [1.165, 1.54) is 18.4 Å². The zero-order valence-electron chi connectivity index (χ0n) is 14.7. The monoisotopic (exact) mass is 365 g/mol. The molecule has 24 heavy (non-hydrogen) atoms. The summed E-state index contributed by atoms with van der Waals surface area (Å²) in [5.41, 5.74) is 1.38. The number of nitrogens with one attached hydrogen (secondary N) is 1. The minimum atomic E-state index is -0.408. The number of ether oxygens (including phenoxy) is 1. The fourth-order valence-electron chi connectivity index (χ4n) is 3.66. The summed E-state index contributed by atoms with van der Waals surface area (Å²) in [5.74, 6) is 0.0323. The molecule has 1 aliphatic heterocycles. The zero-order chi connectivity index (χ0) is 17.5. The van der Waals surface area contributed by atoms with Crippen molar-refractivity contribution in [2.24, 2.45) is 0 Å². The van der Waals surface area contributed by atoms with E-state index >= 15 is 0 Å². The van der Waals surface area contributed by atoms with Gasteiger partial charge in [0.2, 0.25) is 0 Å². The lowest BCUT2D eigenvalue weighted by atomic mass is 9.76. The topological polar surface area (TPSA) is 64.1 Å². The molecule has 2 aromatic rings. The number of aromatic nitrogens is 2. The van der Waals surface area contributed by atoms with Crippen molar-refractivity contribution in [1.29, 1.82) is 0 Å². The van der Waals surface area contributed by atoms with E-state index in [1.54, 1.807) is 16.7 Å². The van der Waals surface area contributed by atoms with Crippen LogP contribution in [-0.2, 0) is 4.74 Å². The van der Waals surface area contributed by atoms with Gasteiger partial charge in [0.15, 0.2) is 5.69 Å². The number of carbonyl (C=O) groups excluding carboxylic acids is 1. The van der Waals surface area contributed by atoms with Crippen LogP contribution in [0.5, 0.6) is 0 Å². The van der Waals surface area contributed by atoms with E-state index in [1.807, 2.05) is 5.38 Å². The maximum Gasteiger partial charge on any atom is 0.357 e. The molecule has 130 valence electrons. The molecule has 3 heterocycles. The number of nitrogens with zero attached hydrogens (tertiary/aromatic N) is 2. The molecule has 0 radical (unpaired) electrons. The highest BCUT2D eigenvalue weighted by Gasteiger charge is 2.39. The van der Waals surface area contributed by atoms with Gasteiger partial charge in [-0.05, 0) is 40.5 Å². The lowest BCUT2D eigenvalue weighted by molar-refractivity contribution is 0.0595. The second-order valence-electron chi connectivity index (χ2n) is 7.60. The first-order chi connectivity index (χ1) is 11.2. The largest absolute Gasteiger partial charge is 0.464 e. The van der Waals surface area contributed by atoms with Crippen LogP contribution in [0.25, 0.3) is 10.7 Å². The Morgan fingerprint density at radius 1 is 1.17 bits per heavy atom. The van der Waals surface area contributed by atoms with Gasteiger partial charge in [-0.2, -0.15) is 0 Å². The second kappa shape index (κ2) is 6.20. The Morgan fingerprint density at radius 3 is 2.46 bits per heavy atom. The van der Waals surface area contributed by atoms with E-state index in [9.17, 15) is 4.79 Å². The van der Waals surface area contributed by atoms with E-state index in [0.717, 1.165) is 28.6 Å². The Bertz CT molecular complexity index is 733. The molecule has 0 bridgehead atoms. The summed E-state index contributed by atoms with van der Waals surface area (Å²) < 4.78 is 4.71. The van der Waals surface area contributed by atoms with Crippen molar-refractivity contribution in [2.45, 2.75) is 57.5 Å². The molecule has 0 spiro atoms. The van der Waals surface area contributed by atoms with E-state index in [-0.39, 0.29) is 11.1 Å². The Hall–Kier alpha value is -1.31. The van der Waals surface area contributed by atoms with Crippen molar-refractivity contribution in [3.05, 3.63) is 21.5 Å². The third kappa shape index (κ3) is 3.68. The summed E-state index contributed by atoms with van der Waals surface area (Å²) in [5, 5.41) is 9.39. The van der Waals surface area contributed by atoms with Crippen molar-refractivity contribution in [3.63, 3.8) is 0 Å². The number of carbonyl (C=O) groups is 1. The van der Waals surface area contributed by atoms with E-state index in [0.29, 0.717) is 11.6 Å². The number of piperidine rings is 1. The van der Waals surface area contributed by atoms with Crippen molar-refractivity contribution < 1.29 is 9.53 Å². The van der Waals surface area contributed by atoms with Gasteiger partial charge in [-0.3, -0.25) is 0 Å². The van der Waals surface area contributed by atoms with Gasteiger partial charge >= 0.3 is 5.97 Å². The molecule has 0 atom stereocenters. The van der Waals surface area contributed by atoms with Gasteiger partial charge in [0.05, 0.1) is 12.1 Å². The normalized spacial score (nSPS) is 20.0. The standard InChI is InChI=1S/C17H23N3O2S2/c1-16(2)6-10(7-17(3,4)20-16)13-18-11(8-23-13)14-19-12(9-24-14)15(21)22-5/h8-10,20H,6-7H2,1-5H3. The number of rotatable bonds is 3. The molecule has 0 saturated carbocycles. The molecule has 0 aromatic carbocycles. The lowest BCUT2D eigenvalue weighted by Gasteiger charge is -2.46. The van der Waals surface area contributed by atoms with Crippen molar-refractivity contribution in [1.82, 2.24) is 15.3 Å². The minimum Gasteiger partial charge on any atom is -0.464 e. The number of hydrogen-bond donors (Lipinski definition) is 1. The van der Waals surface area contributed by atoms with Crippen LogP contribution >= 0.6 is 22.7 Å². The van der Waals surface area contributed by atoms with Crippen molar-refractivity contribution >= 4 is 28.6 Å². The van der Waals surface area contributed by atoms with Gasteiger partial charge in [0.1, 0.15) is 10.7 Å². The van der Waals surface area contributed by atoms with Crippen molar-refractivity contribution in [2.75, 3.05) is 7.11 Å². The summed E-state index contributed by atoms with van der Waals surface area (Å²) in [7, 11) is 1.36. The number of hydrogen-bond acceptors (Lipinski definition) is 7. The van der Waals surface area contributed by atoms with Crippen LogP contribution in [0.1, 0.15) is 62.0 Å². The molecule has 7 heteroatoms. The number of methoxy groups -OCH3 is 1. The summed E-state index contributed by atoms with van der Waals surface area (Å²) in [6, 6.07) is 0. The smallest absolute Gasteiger partial charge is 0.357 e. The van der Waals surface area contributed by atoms with Crippen LogP contribution < -0.4 is 5.32 Å². The van der Waals surface area contributed by atoms with Gasteiger partial charge in [0, 0.05) is 27.8 Å². The van der Waals surface area contributed by atoms with Gasteiger partial charge in [-0.25, -0.2) is 14.8 Å². The number of thiazole rings is 2. The van der Waals surface area contributed by atoms with E-state index < -0.39 is 5.97 Å². The van der Waals surface area contributed by atoms with Gasteiger partial charge in [0.25, 0.3) is 0 Å². The van der Waals surface area contributed by atoms with Crippen LogP contribution in [0.4, 0.5) is 0 Å². The predicted molar refractivity (Wildman–Crippen MR) is 97.8 cm³/mol. The van der Waals surface area contributed by atoms with Crippen molar-refractivity contribution in [3.8, 4) is 10.7 Å². The Kier molecular flexibility index (Phi) is 4.53. The SMILES string of the molecule is COC(=O)c1csc(-c2csc(C3CC(C)(C)NC(C)(C)C3)n2)n1. The molecule has 1 aliphatic rings. The van der Waals surface area contributed by atoms with Crippen LogP contribution in [-0.4, -0.2) is 34.1 Å². The first-order valence-electron chi connectivity index (χ1n) is 7.98. The van der Waals surface area contributed by atoms with Crippen LogP contribution in [0.15, 0.2) is 10.8 Å². The summed E-state index contributed by atoms with van der Waals surface area (Å²) in [4.78, 5) is 20.7. The molecule has 0 aliphatic carbocycles. The maximum atomic E-state index is 11.6. The molecular weight excluding hydrogens is 342 g/mol. The summed E-state index contributed by atoms with van der Waals surface area (Å²) in [6.07, 6.45) is 2.13. The molecule has 1 fully saturated rings. The average molecular weight is 366 g/mol. The molecule has 0 unspecified atom stereocenters. The van der Waals surface area contributed by atoms with Crippen LogP contribution in [0, 0.1) is 0 Å². The van der Waals surface area contributed by atoms with Gasteiger partial charge in [-0.1, -0.05) is 0 Å². The third-order valence-corrected chi connectivity index (χ3v) is 6.05. The molecule has 2 aromatic heterocycles. The Labute approximate surface area is 150 Å². The molecule has 5 nitrogen and oxygen atoms in total. The average Bonchev–Trinajstić information content (AvgIpc) is 3.12. The highest BCUT2D eigenvalue weighted by molar-refractivity contribution is 7.14. The predicted octanol–water partition coefficient (Wildman–Crippen LogP) is 4.08. The van der Waals surface area contributed by atoms with E-state index in [2.05, 4.69) is 38.0 Å². The highest BCUT2D eigenvalue weighted by Crippen LogP contribution is 2.41. The lowest BCUT2D eigenvalue weighted by Crippen LogP contribution is -2.57. The van der Waals surface area contributed by atoms with E-state index in [4.69, 9.17) is 9.72 Å². The van der Waals surface area contributed by atoms with Crippen LogP contribution in [0.2, 0.25) is 0 Å². The Balaban J connectivity index is 1.83. The first-order valence-corrected chi connectivity index (χ1v) is 9.74. The number of esters is 1. The highest BCUT2D eigenvalue weighted by atomic mass is 32.1. The molecule has 1 saturated heterocycles. The Morgan fingerprint density at radius 2 is 1.83 bits per heavy atom. The minimum absolute atomic E-state index is 0.0947. The molecule has 1 N–H and O–H groups in total. The quantitative estimate of drug-likeness (QED) is 0.831. The van der Waals surface area contributed by atoms with Crippen LogP contribution in [0.3, 0.4) is 0 Å². The fourth-order valence-corrected chi connectivity index (χ4v) is 5.39. The summed E-state index contributed by atoms with van der Waals surface area (Å²) >= 11 is 3.11. The third-order valence-electron chi connectivity index (χ3n) is 4.18. The maximum absolute atomic E-state index is 11.6. The molecular formula is C17H23N3O2S2. The zero-order valence-corrected chi connectivity index (χ0v) is 16.3. The van der Waals surface area contributed by atoms with Gasteiger partial charge < -0.3 is 10.1 Å². The fraction of sp³-hybridized carbons (Fsp3) is 0.588.